The number of rotatable bonds is 3. The number of carbonyl (C=O) groups excluding carboxylic acids is 2. The normalized spacial score (nSPS) is 31.1. The monoisotopic (exact) mass is 415 g/mol. The fourth-order valence-corrected chi connectivity index (χ4v) is 6.02. The molecule has 2 saturated heterocycles. The maximum atomic E-state index is 13.7. The lowest BCUT2D eigenvalue weighted by atomic mass is 9.88. The van der Waals surface area contributed by atoms with E-state index in [2.05, 4.69) is 0 Å². The molecule has 1 aliphatic carbocycles. The third-order valence-electron chi connectivity index (χ3n) is 7.49. The van der Waals surface area contributed by atoms with Crippen LogP contribution in [0.2, 0.25) is 0 Å². The van der Waals surface area contributed by atoms with E-state index < -0.39 is 6.04 Å². The van der Waals surface area contributed by atoms with Gasteiger partial charge in [0.15, 0.2) is 0 Å². The van der Waals surface area contributed by atoms with Crippen LogP contribution in [0.3, 0.4) is 0 Å². The molecule has 8 heteroatoms. The van der Waals surface area contributed by atoms with Crippen molar-refractivity contribution < 1.29 is 19.4 Å². The smallest absolute Gasteiger partial charge is 0.250 e. The Morgan fingerprint density at radius 2 is 1.83 bits per heavy atom. The van der Waals surface area contributed by atoms with Crippen LogP contribution < -0.4 is 5.56 Å². The van der Waals surface area contributed by atoms with Gasteiger partial charge < -0.3 is 24.2 Å². The molecule has 3 aliphatic heterocycles. The van der Waals surface area contributed by atoms with Crippen molar-refractivity contribution in [1.82, 2.24) is 14.4 Å². The molecule has 30 heavy (non-hydrogen) atoms. The molecule has 0 radical (unpaired) electrons. The van der Waals surface area contributed by atoms with Gasteiger partial charge in [-0.1, -0.05) is 18.9 Å². The highest BCUT2D eigenvalue weighted by Crippen LogP contribution is 2.50. The molecule has 0 bridgehead atoms. The van der Waals surface area contributed by atoms with Crippen molar-refractivity contribution in [2.24, 2.45) is 17.8 Å². The van der Waals surface area contributed by atoms with Crippen LogP contribution in [0.25, 0.3) is 0 Å². The molecule has 1 aromatic rings. The number of nitrogens with zero attached hydrogens (tertiary/aromatic N) is 3. The maximum Gasteiger partial charge on any atom is 0.250 e. The van der Waals surface area contributed by atoms with E-state index in [4.69, 9.17) is 4.74 Å². The Hall–Kier alpha value is -2.19. The van der Waals surface area contributed by atoms with Gasteiger partial charge in [-0.2, -0.15) is 0 Å². The van der Waals surface area contributed by atoms with Gasteiger partial charge >= 0.3 is 0 Å². The van der Waals surface area contributed by atoms with E-state index in [0.29, 0.717) is 32.8 Å². The summed E-state index contributed by atoms with van der Waals surface area (Å²) in [5, 5.41) is 10.3. The van der Waals surface area contributed by atoms with Gasteiger partial charge in [0.25, 0.3) is 5.56 Å². The van der Waals surface area contributed by atoms with E-state index >= 15 is 0 Å². The zero-order valence-corrected chi connectivity index (χ0v) is 17.1. The third kappa shape index (κ3) is 3.00. The Labute approximate surface area is 175 Å². The number of hydrogen-bond donors (Lipinski definition) is 1. The molecule has 4 aliphatic rings. The zero-order valence-electron chi connectivity index (χ0n) is 17.1. The van der Waals surface area contributed by atoms with Crippen LogP contribution >= 0.6 is 0 Å². The fourth-order valence-electron chi connectivity index (χ4n) is 6.02. The average molecular weight is 415 g/mol. The molecular formula is C22H29N3O5. The predicted molar refractivity (Wildman–Crippen MR) is 107 cm³/mol. The highest BCUT2D eigenvalue weighted by Gasteiger charge is 2.58. The fraction of sp³-hybridized carbons (Fsp3) is 0.682. The van der Waals surface area contributed by atoms with E-state index in [1.165, 1.54) is 6.07 Å². The van der Waals surface area contributed by atoms with Gasteiger partial charge in [-0.25, -0.2) is 0 Å². The van der Waals surface area contributed by atoms with Crippen molar-refractivity contribution in [2.45, 2.75) is 44.3 Å². The molecular weight excluding hydrogens is 386 g/mol. The number of aliphatic hydroxyl groups is 1. The molecule has 4 atom stereocenters. The van der Waals surface area contributed by atoms with Crippen molar-refractivity contribution in [3.8, 4) is 0 Å². The second-order valence-electron chi connectivity index (χ2n) is 8.96. The topological polar surface area (TPSA) is 92.1 Å². The molecule has 5 rings (SSSR count). The Kier molecular flexibility index (Phi) is 5.14. The number of ether oxygens (including phenoxy) is 1. The SMILES string of the molecule is O=C([C@H]1[C@H](CO)[C@H]2Cn3c(cccc3=O)[C@H]2N1C(=O)C1CCCC1)N1CCOCC1. The predicted octanol–water partition coefficient (Wildman–Crippen LogP) is 0.388. The standard InChI is InChI=1S/C22H29N3O5/c26-13-16-15-12-24-17(6-3-7-18(24)27)19(15)25(21(28)14-4-1-2-5-14)20(16)22(29)23-8-10-30-11-9-23/h3,6-7,14-16,19-20,26H,1-2,4-5,8-13H2/t15-,16-,19+,20-/m1/s1. The first kappa shape index (κ1) is 19.8. The number of likely N-dealkylation sites (tertiary alicyclic amines) is 1. The van der Waals surface area contributed by atoms with Crippen molar-refractivity contribution in [3.63, 3.8) is 0 Å². The summed E-state index contributed by atoms with van der Waals surface area (Å²) in [5.41, 5.74) is 0.692. The summed E-state index contributed by atoms with van der Waals surface area (Å²) in [7, 11) is 0. The maximum absolute atomic E-state index is 13.7. The highest BCUT2D eigenvalue weighted by atomic mass is 16.5. The summed E-state index contributed by atoms with van der Waals surface area (Å²) in [6, 6.07) is 4.12. The van der Waals surface area contributed by atoms with Gasteiger partial charge in [-0.15, -0.1) is 0 Å². The number of pyridine rings is 1. The van der Waals surface area contributed by atoms with Gasteiger partial charge in [-0.3, -0.25) is 14.4 Å². The first-order chi connectivity index (χ1) is 14.6. The number of fused-ring (bicyclic) bond motifs is 3. The molecule has 1 N–H and O–H groups in total. The molecule has 1 saturated carbocycles. The molecule has 2 amide bonds. The lowest BCUT2D eigenvalue weighted by Gasteiger charge is -2.37. The molecule has 1 aromatic heterocycles. The lowest BCUT2D eigenvalue weighted by molar-refractivity contribution is -0.151. The van der Waals surface area contributed by atoms with E-state index in [1.807, 2.05) is 6.07 Å². The molecule has 0 spiro atoms. The minimum atomic E-state index is -0.680. The van der Waals surface area contributed by atoms with Gasteiger partial charge in [0.05, 0.1) is 19.3 Å². The molecule has 3 fully saturated rings. The van der Waals surface area contributed by atoms with Crippen molar-refractivity contribution in [2.75, 3.05) is 32.9 Å². The van der Waals surface area contributed by atoms with Gasteiger partial charge in [0, 0.05) is 55.8 Å². The Balaban J connectivity index is 1.57. The number of aliphatic hydroxyl groups excluding tert-OH is 1. The van der Waals surface area contributed by atoms with E-state index in [9.17, 15) is 19.5 Å². The van der Waals surface area contributed by atoms with E-state index in [1.54, 1.807) is 20.4 Å². The first-order valence-corrected chi connectivity index (χ1v) is 11.1. The largest absolute Gasteiger partial charge is 0.396 e. The Bertz CT molecular complexity index is 887. The second-order valence-corrected chi connectivity index (χ2v) is 8.96. The van der Waals surface area contributed by atoms with Crippen LogP contribution in [-0.4, -0.2) is 70.2 Å². The number of aromatic nitrogens is 1. The number of morpholine rings is 1. The summed E-state index contributed by atoms with van der Waals surface area (Å²) >= 11 is 0. The average Bonchev–Trinajstić information content (AvgIpc) is 3.49. The molecule has 8 nitrogen and oxygen atoms in total. The van der Waals surface area contributed by atoms with Crippen LogP contribution in [-0.2, 0) is 20.9 Å². The Morgan fingerprint density at radius 3 is 2.53 bits per heavy atom. The van der Waals surface area contributed by atoms with Gasteiger partial charge in [0.2, 0.25) is 11.8 Å². The van der Waals surface area contributed by atoms with Crippen LogP contribution in [0.5, 0.6) is 0 Å². The zero-order chi connectivity index (χ0) is 20.8. The molecule has 0 aromatic carbocycles. The second kappa shape index (κ2) is 7.81. The summed E-state index contributed by atoms with van der Waals surface area (Å²) in [5.74, 6) is -0.675. The summed E-state index contributed by atoms with van der Waals surface area (Å²) in [4.78, 5) is 43.3. The minimum absolute atomic E-state index is 0.00908. The molecule has 4 heterocycles. The number of hydrogen-bond acceptors (Lipinski definition) is 5. The van der Waals surface area contributed by atoms with Crippen molar-refractivity contribution >= 4 is 11.8 Å². The number of amides is 2. The summed E-state index contributed by atoms with van der Waals surface area (Å²) < 4.78 is 7.10. The van der Waals surface area contributed by atoms with Gasteiger partial charge in [-0.05, 0) is 18.9 Å². The van der Waals surface area contributed by atoms with Crippen LogP contribution in [0.4, 0.5) is 0 Å². The van der Waals surface area contributed by atoms with Gasteiger partial charge in [0.1, 0.15) is 6.04 Å². The van der Waals surface area contributed by atoms with Crippen LogP contribution in [0.15, 0.2) is 23.0 Å². The van der Waals surface area contributed by atoms with Crippen molar-refractivity contribution in [1.29, 1.82) is 0 Å². The third-order valence-corrected chi connectivity index (χ3v) is 7.49. The summed E-state index contributed by atoms with van der Waals surface area (Å²) in [6.07, 6.45) is 3.74. The minimum Gasteiger partial charge on any atom is -0.396 e. The van der Waals surface area contributed by atoms with Crippen molar-refractivity contribution in [3.05, 3.63) is 34.2 Å². The molecule has 162 valence electrons. The summed E-state index contributed by atoms with van der Waals surface area (Å²) in [6.45, 7) is 2.24. The van der Waals surface area contributed by atoms with Crippen LogP contribution in [0.1, 0.15) is 37.4 Å². The quantitative estimate of drug-likeness (QED) is 0.771. The van der Waals surface area contributed by atoms with E-state index in [0.717, 1.165) is 31.4 Å². The number of carbonyl (C=O) groups is 2. The Morgan fingerprint density at radius 1 is 1.10 bits per heavy atom. The molecule has 0 unspecified atom stereocenters. The van der Waals surface area contributed by atoms with E-state index in [-0.39, 0.29) is 47.8 Å². The highest BCUT2D eigenvalue weighted by molar-refractivity contribution is 5.90. The lowest BCUT2D eigenvalue weighted by Crippen LogP contribution is -2.54. The van der Waals surface area contributed by atoms with Crippen LogP contribution in [0, 0.1) is 17.8 Å². The first-order valence-electron chi connectivity index (χ1n) is 11.1.